The van der Waals surface area contributed by atoms with Crippen molar-refractivity contribution in [2.75, 3.05) is 24.7 Å². The van der Waals surface area contributed by atoms with Gasteiger partial charge in [0.05, 0.1) is 23.0 Å². The molecule has 0 fully saturated rings. The second kappa shape index (κ2) is 7.71. The van der Waals surface area contributed by atoms with E-state index in [1.54, 1.807) is 26.2 Å². The average molecular weight is 434 g/mol. The second-order valence-electron chi connectivity index (χ2n) is 5.60. The minimum atomic E-state index is -0.308. The van der Waals surface area contributed by atoms with Gasteiger partial charge in [-0.25, -0.2) is 0 Å². The highest BCUT2D eigenvalue weighted by Gasteiger charge is 2.21. The molecule has 0 radical (unpaired) electrons. The van der Waals surface area contributed by atoms with Crippen LogP contribution in [0.1, 0.15) is 10.4 Å². The zero-order chi connectivity index (χ0) is 18.7. The van der Waals surface area contributed by atoms with Crippen LogP contribution < -0.4 is 10.6 Å². The van der Waals surface area contributed by atoms with Crippen molar-refractivity contribution >= 4 is 56.6 Å². The number of aromatic hydroxyl groups is 1. The van der Waals surface area contributed by atoms with Crippen LogP contribution in [-0.4, -0.2) is 38.8 Å². The summed E-state index contributed by atoms with van der Waals surface area (Å²) in [6.45, 7) is 0. The molecule has 0 aliphatic rings. The lowest BCUT2D eigenvalue weighted by Gasteiger charge is -2.16. The number of nitrogens with zero attached hydrogens (tertiary/aromatic N) is 3. The highest BCUT2D eigenvalue weighted by atomic mass is 79.9. The lowest BCUT2D eigenvalue weighted by Crippen LogP contribution is -2.22. The van der Waals surface area contributed by atoms with Crippen molar-refractivity contribution in [2.24, 2.45) is 0 Å². The smallest absolute Gasteiger partial charge is 0.258 e. The number of rotatable bonds is 5. The van der Waals surface area contributed by atoms with Crippen LogP contribution in [0.5, 0.6) is 5.75 Å². The van der Waals surface area contributed by atoms with Gasteiger partial charge in [0.25, 0.3) is 5.91 Å². The number of carbonyl (C=O) groups is 1. The van der Waals surface area contributed by atoms with Crippen molar-refractivity contribution in [1.82, 2.24) is 13.6 Å². The molecule has 7 nitrogen and oxygen atoms in total. The summed E-state index contributed by atoms with van der Waals surface area (Å²) < 4.78 is 8.96. The summed E-state index contributed by atoms with van der Waals surface area (Å²) in [6.07, 6.45) is 0. The Morgan fingerprint density at radius 2 is 1.73 bits per heavy atom. The van der Waals surface area contributed by atoms with Gasteiger partial charge in [-0.3, -0.25) is 4.79 Å². The molecule has 1 heterocycles. The predicted molar refractivity (Wildman–Crippen MR) is 107 cm³/mol. The molecule has 1 aromatic heterocycles. The van der Waals surface area contributed by atoms with Crippen LogP contribution in [0.3, 0.4) is 0 Å². The fourth-order valence-electron chi connectivity index (χ4n) is 2.23. The van der Waals surface area contributed by atoms with Gasteiger partial charge in [-0.2, -0.15) is 8.75 Å². The van der Waals surface area contributed by atoms with Gasteiger partial charge < -0.3 is 20.6 Å². The molecule has 0 aliphatic heterocycles. The number of aromatic nitrogens is 2. The van der Waals surface area contributed by atoms with Crippen LogP contribution in [0.2, 0.25) is 0 Å². The van der Waals surface area contributed by atoms with Crippen molar-refractivity contribution < 1.29 is 9.90 Å². The third-order valence-electron chi connectivity index (χ3n) is 3.53. The number of hydrogen-bond acceptors (Lipinski definition) is 7. The van der Waals surface area contributed by atoms with Crippen LogP contribution in [-0.2, 0) is 0 Å². The summed E-state index contributed by atoms with van der Waals surface area (Å²) in [6, 6.07) is 12.9. The van der Waals surface area contributed by atoms with Gasteiger partial charge in [0.1, 0.15) is 0 Å². The van der Waals surface area contributed by atoms with Crippen LogP contribution >= 0.6 is 27.7 Å². The summed E-state index contributed by atoms with van der Waals surface area (Å²) in [5, 5.41) is 16.8. The number of phenols is 1. The summed E-state index contributed by atoms with van der Waals surface area (Å²) in [7, 11) is 3.25. The molecule has 0 saturated heterocycles. The number of anilines is 4. The summed E-state index contributed by atoms with van der Waals surface area (Å²) >= 11 is 4.35. The minimum absolute atomic E-state index is 0.156. The highest BCUT2D eigenvalue weighted by molar-refractivity contribution is 9.10. The first kappa shape index (κ1) is 18.2. The third kappa shape index (κ3) is 3.78. The number of benzene rings is 2. The van der Waals surface area contributed by atoms with Crippen molar-refractivity contribution in [2.45, 2.75) is 0 Å². The van der Waals surface area contributed by atoms with E-state index in [2.05, 4.69) is 35.3 Å². The zero-order valence-corrected chi connectivity index (χ0v) is 16.4. The van der Waals surface area contributed by atoms with E-state index in [1.165, 1.54) is 4.90 Å². The molecule has 0 unspecified atom stereocenters. The number of phenolic OH excluding ortho intramolecular Hbond substituents is 1. The Morgan fingerprint density at radius 1 is 1.08 bits per heavy atom. The van der Waals surface area contributed by atoms with Crippen molar-refractivity contribution in [3.8, 4) is 5.75 Å². The monoisotopic (exact) mass is 433 g/mol. The van der Waals surface area contributed by atoms with E-state index in [4.69, 9.17) is 0 Å². The molecule has 3 N–H and O–H groups in total. The SMILES string of the molecule is CN(C)C(=O)c1c(Br)ccc(Nc2nsnc2Nc2ccccc2)c1O. The molecule has 0 spiro atoms. The third-order valence-corrected chi connectivity index (χ3v) is 4.71. The van der Waals surface area contributed by atoms with E-state index in [-0.39, 0.29) is 17.2 Å². The molecule has 9 heteroatoms. The van der Waals surface area contributed by atoms with Gasteiger partial charge in [0, 0.05) is 24.3 Å². The molecule has 1 amide bonds. The Kier molecular flexibility index (Phi) is 5.38. The maximum atomic E-state index is 12.3. The van der Waals surface area contributed by atoms with Crippen LogP contribution in [0.25, 0.3) is 0 Å². The zero-order valence-electron chi connectivity index (χ0n) is 14.0. The van der Waals surface area contributed by atoms with E-state index >= 15 is 0 Å². The van der Waals surface area contributed by atoms with Crippen LogP contribution in [0.4, 0.5) is 23.0 Å². The van der Waals surface area contributed by atoms with E-state index in [9.17, 15) is 9.90 Å². The molecule has 0 saturated carbocycles. The minimum Gasteiger partial charge on any atom is -0.505 e. The number of amides is 1. The Labute approximate surface area is 163 Å². The van der Waals surface area contributed by atoms with Crippen molar-refractivity contribution in [1.29, 1.82) is 0 Å². The number of hydrogen-bond donors (Lipinski definition) is 3. The summed E-state index contributed by atoms with van der Waals surface area (Å²) in [4.78, 5) is 13.7. The molecule has 3 rings (SSSR count). The van der Waals surface area contributed by atoms with E-state index in [0.717, 1.165) is 17.4 Å². The van der Waals surface area contributed by atoms with Gasteiger partial charge in [-0.05, 0) is 40.2 Å². The van der Waals surface area contributed by atoms with Gasteiger partial charge in [0.2, 0.25) is 0 Å². The Balaban J connectivity index is 1.90. The fraction of sp³-hybridized carbons (Fsp3) is 0.118. The van der Waals surface area contributed by atoms with Gasteiger partial charge in [-0.1, -0.05) is 18.2 Å². The summed E-state index contributed by atoms with van der Waals surface area (Å²) in [5.74, 6) is 0.525. The molecule has 3 aromatic rings. The first-order valence-corrected chi connectivity index (χ1v) is 9.14. The van der Waals surface area contributed by atoms with Crippen molar-refractivity contribution in [3.05, 3.63) is 52.5 Å². The molecular weight excluding hydrogens is 418 g/mol. The normalized spacial score (nSPS) is 10.4. The van der Waals surface area contributed by atoms with E-state index in [0.29, 0.717) is 21.8 Å². The highest BCUT2D eigenvalue weighted by Crippen LogP contribution is 2.37. The topological polar surface area (TPSA) is 90.4 Å². The standard InChI is InChI=1S/C17H16BrN5O2S/c1-23(2)17(25)13-11(18)8-9-12(14(13)24)20-16-15(21-26-22-16)19-10-6-4-3-5-7-10/h3-9,24H,1-2H3,(H,19,21)(H,20,22). The first-order valence-electron chi connectivity index (χ1n) is 7.62. The lowest BCUT2D eigenvalue weighted by atomic mass is 10.1. The fourth-order valence-corrected chi connectivity index (χ4v) is 3.19. The molecule has 26 heavy (non-hydrogen) atoms. The number of carbonyl (C=O) groups excluding carboxylic acids is 1. The molecule has 2 aromatic carbocycles. The Hall–Kier alpha value is -2.65. The quantitative estimate of drug-likeness (QED) is 0.522. The Morgan fingerprint density at radius 3 is 2.38 bits per heavy atom. The van der Waals surface area contributed by atoms with Gasteiger partial charge >= 0.3 is 0 Å². The maximum absolute atomic E-state index is 12.3. The maximum Gasteiger partial charge on any atom is 0.258 e. The molecule has 0 atom stereocenters. The van der Waals surface area contributed by atoms with Crippen LogP contribution in [0, 0.1) is 0 Å². The average Bonchev–Trinajstić information content (AvgIpc) is 3.05. The van der Waals surface area contributed by atoms with Crippen LogP contribution in [0.15, 0.2) is 46.9 Å². The van der Waals surface area contributed by atoms with E-state index < -0.39 is 0 Å². The lowest BCUT2D eigenvalue weighted by molar-refractivity contribution is 0.0824. The number of para-hydroxylation sites is 1. The number of nitrogens with one attached hydrogen (secondary N) is 2. The first-order chi connectivity index (χ1) is 12.5. The van der Waals surface area contributed by atoms with E-state index in [1.807, 2.05) is 30.3 Å². The van der Waals surface area contributed by atoms with Crippen molar-refractivity contribution in [3.63, 3.8) is 0 Å². The second-order valence-corrected chi connectivity index (χ2v) is 6.98. The molecular formula is C17H16BrN5O2S. The largest absolute Gasteiger partial charge is 0.505 e. The van der Waals surface area contributed by atoms with Gasteiger partial charge in [0.15, 0.2) is 17.4 Å². The molecule has 0 aliphatic carbocycles. The van der Waals surface area contributed by atoms with Gasteiger partial charge in [-0.15, -0.1) is 0 Å². The molecule has 0 bridgehead atoms. The number of halogens is 1. The molecule has 134 valence electrons. The Bertz CT molecular complexity index is 930. The predicted octanol–water partition coefficient (Wildman–Crippen LogP) is 4.20. The summed E-state index contributed by atoms with van der Waals surface area (Å²) in [5.41, 5.74) is 1.41.